The smallest absolute Gasteiger partial charge is 0.215 e. The molecule has 3 rings (SSSR count). The van der Waals surface area contributed by atoms with E-state index in [0.717, 1.165) is 14.7 Å². The fraction of sp³-hybridized carbons (Fsp3) is 0.0714. The number of rotatable bonds is 4. The Bertz CT molecular complexity index is 810. The largest absolute Gasteiger partial charge is 0.483 e. The Morgan fingerprint density at radius 1 is 1.43 bits per heavy atom. The molecule has 0 amide bonds. The molecule has 0 bridgehead atoms. The zero-order valence-corrected chi connectivity index (χ0v) is 13.1. The number of halogens is 1. The van der Waals surface area contributed by atoms with E-state index in [4.69, 9.17) is 20.1 Å². The Kier molecular flexibility index (Phi) is 3.85. The second-order valence-corrected chi connectivity index (χ2v) is 6.17. The zero-order chi connectivity index (χ0) is 14.8. The molecule has 0 saturated heterocycles. The minimum Gasteiger partial charge on any atom is -0.483 e. The van der Waals surface area contributed by atoms with E-state index in [1.807, 2.05) is 29.6 Å². The maximum Gasteiger partial charge on any atom is 0.215 e. The lowest BCUT2D eigenvalue weighted by Crippen LogP contribution is -2.13. The average molecular weight is 367 g/mol. The van der Waals surface area contributed by atoms with Crippen molar-refractivity contribution < 1.29 is 14.4 Å². The Balaban J connectivity index is 1.98. The number of hydrogen-bond acceptors (Lipinski definition) is 5. The molecule has 0 spiro atoms. The second kappa shape index (κ2) is 5.79. The van der Waals surface area contributed by atoms with Gasteiger partial charge in [0.25, 0.3) is 0 Å². The van der Waals surface area contributed by atoms with Crippen molar-refractivity contribution >= 4 is 44.1 Å². The first kappa shape index (κ1) is 14.0. The van der Waals surface area contributed by atoms with Crippen LogP contribution in [-0.2, 0) is 6.61 Å². The van der Waals surface area contributed by atoms with Gasteiger partial charge in [-0.2, -0.15) is 0 Å². The van der Waals surface area contributed by atoms with Crippen LogP contribution in [0.4, 0.5) is 0 Å². The third-order valence-electron chi connectivity index (χ3n) is 2.87. The van der Waals surface area contributed by atoms with Crippen LogP contribution in [0.25, 0.3) is 11.0 Å². The Hall–Kier alpha value is -1.99. The molecule has 2 heterocycles. The van der Waals surface area contributed by atoms with Crippen LogP contribution in [0.3, 0.4) is 0 Å². The first-order chi connectivity index (χ1) is 10.2. The van der Waals surface area contributed by atoms with E-state index >= 15 is 0 Å². The lowest BCUT2D eigenvalue weighted by molar-refractivity contribution is 0.303. The second-order valence-electron chi connectivity index (χ2n) is 4.26. The number of nitrogens with two attached hydrogens (primary N) is 1. The first-order valence-corrected chi connectivity index (χ1v) is 7.71. The number of thiophene rings is 1. The highest BCUT2D eigenvalue weighted by Crippen LogP contribution is 2.34. The van der Waals surface area contributed by atoms with E-state index in [0.29, 0.717) is 17.9 Å². The third kappa shape index (κ3) is 2.74. The van der Waals surface area contributed by atoms with Crippen LogP contribution in [0.1, 0.15) is 10.6 Å². The molecule has 0 aliphatic heterocycles. The van der Waals surface area contributed by atoms with Crippen LogP contribution in [0.5, 0.6) is 5.75 Å². The molecular weight excluding hydrogens is 356 g/mol. The molecule has 108 valence electrons. The van der Waals surface area contributed by atoms with Crippen molar-refractivity contribution in [2.75, 3.05) is 0 Å². The number of amidine groups is 1. The van der Waals surface area contributed by atoms with Crippen molar-refractivity contribution in [3.63, 3.8) is 0 Å². The standard InChI is InChI=1S/C14H11BrN2O3S/c15-8-5-9(21-7-8)6-19-12-10-3-1-2-4-11(10)20-13(12)14(16)17-18/h1-5,7,18H,6H2,(H2,16,17). The molecule has 1 aromatic carbocycles. The normalized spacial score (nSPS) is 12.0. The van der Waals surface area contributed by atoms with Crippen LogP contribution in [0, 0.1) is 0 Å². The number of oxime groups is 1. The summed E-state index contributed by atoms with van der Waals surface area (Å²) in [4.78, 5) is 1.05. The number of furan rings is 1. The zero-order valence-electron chi connectivity index (χ0n) is 10.7. The highest BCUT2D eigenvalue weighted by molar-refractivity contribution is 9.10. The van der Waals surface area contributed by atoms with Crippen LogP contribution in [0.15, 0.2) is 49.8 Å². The Morgan fingerprint density at radius 3 is 2.95 bits per heavy atom. The molecule has 7 heteroatoms. The summed E-state index contributed by atoms with van der Waals surface area (Å²) in [5, 5.41) is 14.6. The predicted molar refractivity (Wildman–Crippen MR) is 85.1 cm³/mol. The fourth-order valence-electron chi connectivity index (χ4n) is 1.95. The van der Waals surface area contributed by atoms with Crippen molar-refractivity contribution in [3.05, 3.63) is 50.8 Å². The van der Waals surface area contributed by atoms with E-state index in [-0.39, 0.29) is 11.6 Å². The maximum absolute atomic E-state index is 8.87. The highest BCUT2D eigenvalue weighted by atomic mass is 79.9. The van der Waals surface area contributed by atoms with Gasteiger partial charge in [0.1, 0.15) is 12.2 Å². The monoisotopic (exact) mass is 366 g/mol. The van der Waals surface area contributed by atoms with Crippen LogP contribution in [-0.4, -0.2) is 11.0 Å². The van der Waals surface area contributed by atoms with E-state index in [9.17, 15) is 0 Å². The SMILES string of the molecule is N/C(=N/O)c1oc2ccccc2c1OCc1cc(Br)cs1. The highest BCUT2D eigenvalue weighted by Gasteiger charge is 2.19. The summed E-state index contributed by atoms with van der Waals surface area (Å²) in [6.07, 6.45) is 0. The van der Waals surface area contributed by atoms with Gasteiger partial charge < -0.3 is 20.1 Å². The van der Waals surface area contributed by atoms with Gasteiger partial charge in [0.15, 0.2) is 5.75 Å². The minimum absolute atomic E-state index is 0.117. The molecule has 0 saturated carbocycles. The van der Waals surface area contributed by atoms with Gasteiger partial charge in [-0.25, -0.2) is 0 Å². The van der Waals surface area contributed by atoms with E-state index in [1.165, 1.54) is 0 Å². The van der Waals surface area contributed by atoms with E-state index in [2.05, 4.69) is 21.1 Å². The summed E-state index contributed by atoms with van der Waals surface area (Å²) in [6, 6.07) is 9.38. The minimum atomic E-state index is -0.117. The van der Waals surface area contributed by atoms with Gasteiger partial charge in [0, 0.05) is 14.7 Å². The molecule has 0 aliphatic rings. The number of hydrogen-bond donors (Lipinski definition) is 2. The number of ether oxygens (including phenoxy) is 1. The lowest BCUT2D eigenvalue weighted by Gasteiger charge is -2.04. The Labute approximate surface area is 132 Å². The first-order valence-electron chi connectivity index (χ1n) is 6.04. The van der Waals surface area contributed by atoms with Gasteiger partial charge in [0.2, 0.25) is 11.6 Å². The van der Waals surface area contributed by atoms with E-state index in [1.54, 1.807) is 17.4 Å². The quantitative estimate of drug-likeness (QED) is 0.317. The molecule has 3 N–H and O–H groups in total. The van der Waals surface area contributed by atoms with Gasteiger partial charge in [-0.05, 0) is 34.1 Å². The molecule has 21 heavy (non-hydrogen) atoms. The van der Waals surface area contributed by atoms with Gasteiger partial charge in [-0.1, -0.05) is 17.3 Å². The number of benzene rings is 1. The van der Waals surface area contributed by atoms with Gasteiger partial charge in [-0.15, -0.1) is 11.3 Å². The van der Waals surface area contributed by atoms with Gasteiger partial charge >= 0.3 is 0 Å². The molecular formula is C14H11BrN2O3S. The van der Waals surface area contributed by atoms with Gasteiger partial charge in [0.05, 0.1) is 5.39 Å². The Morgan fingerprint density at radius 2 is 2.24 bits per heavy atom. The number of para-hydroxylation sites is 1. The summed E-state index contributed by atoms with van der Waals surface area (Å²) in [5.41, 5.74) is 6.28. The predicted octanol–water partition coefficient (Wildman–Crippen LogP) is 3.93. The fourth-order valence-corrected chi connectivity index (χ4v) is 3.31. The number of fused-ring (bicyclic) bond motifs is 1. The van der Waals surface area contributed by atoms with Crippen LogP contribution in [0.2, 0.25) is 0 Å². The summed E-state index contributed by atoms with van der Waals surface area (Å²) < 4.78 is 12.4. The van der Waals surface area contributed by atoms with Crippen LogP contribution >= 0.6 is 27.3 Å². The summed E-state index contributed by atoms with van der Waals surface area (Å²) >= 11 is 4.99. The average Bonchev–Trinajstić information content (AvgIpc) is 3.07. The third-order valence-corrected chi connectivity index (χ3v) is 4.54. The van der Waals surface area contributed by atoms with Crippen molar-refractivity contribution in [1.29, 1.82) is 0 Å². The molecule has 0 unspecified atom stereocenters. The molecule has 3 aromatic rings. The summed E-state index contributed by atoms with van der Waals surface area (Å²) in [7, 11) is 0. The van der Waals surface area contributed by atoms with Crippen molar-refractivity contribution in [2.45, 2.75) is 6.61 Å². The number of nitrogens with zero attached hydrogens (tertiary/aromatic N) is 1. The molecule has 2 aromatic heterocycles. The molecule has 0 aliphatic carbocycles. The van der Waals surface area contributed by atoms with E-state index < -0.39 is 0 Å². The van der Waals surface area contributed by atoms with Crippen molar-refractivity contribution in [3.8, 4) is 5.75 Å². The molecule has 5 nitrogen and oxygen atoms in total. The lowest BCUT2D eigenvalue weighted by atomic mass is 10.2. The van der Waals surface area contributed by atoms with Crippen LogP contribution < -0.4 is 10.5 Å². The summed E-state index contributed by atoms with van der Waals surface area (Å²) in [6.45, 7) is 0.380. The van der Waals surface area contributed by atoms with Gasteiger partial charge in [-0.3, -0.25) is 0 Å². The molecule has 0 radical (unpaired) electrons. The molecule has 0 fully saturated rings. The van der Waals surface area contributed by atoms with Crippen molar-refractivity contribution in [2.24, 2.45) is 10.9 Å². The molecule has 0 atom stereocenters. The topological polar surface area (TPSA) is 81.0 Å². The summed E-state index contributed by atoms with van der Waals surface area (Å²) in [5.74, 6) is 0.591. The maximum atomic E-state index is 8.87. The van der Waals surface area contributed by atoms with Crippen molar-refractivity contribution in [1.82, 2.24) is 0 Å².